The van der Waals surface area contributed by atoms with Crippen molar-refractivity contribution < 1.29 is 9.50 Å². The SMILES string of the molecule is CC1(C)C[C@H]([C@H](O)c2cc(F)cc3[nH]ncc23)N1. The number of aromatic nitrogens is 2. The van der Waals surface area contributed by atoms with E-state index in [0.29, 0.717) is 11.1 Å². The molecule has 5 heteroatoms. The highest BCUT2D eigenvalue weighted by Crippen LogP contribution is 2.35. The summed E-state index contributed by atoms with van der Waals surface area (Å²) < 4.78 is 13.5. The molecule has 2 aromatic rings. The number of nitrogens with zero attached hydrogens (tertiary/aromatic N) is 1. The third-order valence-electron chi connectivity index (χ3n) is 3.56. The van der Waals surface area contributed by atoms with Gasteiger partial charge in [0.25, 0.3) is 0 Å². The molecule has 0 amide bonds. The molecule has 1 aromatic carbocycles. The minimum atomic E-state index is -0.714. The van der Waals surface area contributed by atoms with E-state index < -0.39 is 6.10 Å². The van der Waals surface area contributed by atoms with E-state index in [1.807, 2.05) is 0 Å². The maximum Gasteiger partial charge on any atom is 0.125 e. The number of nitrogens with one attached hydrogen (secondary N) is 2. The zero-order valence-corrected chi connectivity index (χ0v) is 10.4. The van der Waals surface area contributed by atoms with Gasteiger partial charge >= 0.3 is 0 Å². The first-order chi connectivity index (χ1) is 8.46. The van der Waals surface area contributed by atoms with E-state index in [0.717, 1.165) is 11.8 Å². The van der Waals surface area contributed by atoms with Crippen LogP contribution in [-0.4, -0.2) is 26.9 Å². The number of aliphatic hydroxyl groups excluding tert-OH is 1. The van der Waals surface area contributed by atoms with Gasteiger partial charge in [0.05, 0.1) is 17.8 Å². The van der Waals surface area contributed by atoms with Gasteiger partial charge in [-0.25, -0.2) is 4.39 Å². The molecule has 0 spiro atoms. The zero-order valence-electron chi connectivity index (χ0n) is 10.4. The standard InChI is InChI=1S/C13H16FN3O/c1-13(2)5-11(16-13)12(18)8-3-7(14)4-10-9(8)6-15-17-10/h3-4,6,11-12,16,18H,5H2,1-2H3,(H,15,17)/t11-,12-/m1/s1. The second-order valence-corrected chi connectivity index (χ2v) is 5.61. The molecule has 0 aliphatic carbocycles. The number of aromatic amines is 1. The fraction of sp³-hybridized carbons (Fsp3) is 0.462. The summed E-state index contributed by atoms with van der Waals surface area (Å²) >= 11 is 0. The van der Waals surface area contributed by atoms with Crippen LogP contribution in [0.1, 0.15) is 31.9 Å². The summed E-state index contributed by atoms with van der Waals surface area (Å²) in [6.07, 6.45) is 1.77. The average Bonchev–Trinajstić information content (AvgIpc) is 2.71. The molecule has 4 nitrogen and oxygen atoms in total. The summed E-state index contributed by atoms with van der Waals surface area (Å²) in [5, 5.41) is 21.0. The van der Waals surface area contributed by atoms with Crippen molar-refractivity contribution in [2.45, 2.75) is 38.0 Å². The lowest BCUT2D eigenvalue weighted by Crippen LogP contribution is -2.61. The maximum atomic E-state index is 13.5. The number of hydrogen-bond acceptors (Lipinski definition) is 3. The summed E-state index contributed by atoms with van der Waals surface area (Å²) in [6, 6.07) is 2.74. The Bertz CT molecular complexity index is 585. The topological polar surface area (TPSA) is 60.9 Å². The van der Waals surface area contributed by atoms with Crippen molar-refractivity contribution in [2.75, 3.05) is 0 Å². The highest BCUT2D eigenvalue weighted by atomic mass is 19.1. The Morgan fingerprint density at radius 3 is 2.89 bits per heavy atom. The summed E-state index contributed by atoms with van der Waals surface area (Å²) in [7, 11) is 0. The van der Waals surface area contributed by atoms with Crippen molar-refractivity contribution in [3.05, 3.63) is 29.7 Å². The molecule has 3 N–H and O–H groups in total. The zero-order chi connectivity index (χ0) is 12.9. The van der Waals surface area contributed by atoms with Crippen LogP contribution in [0.4, 0.5) is 4.39 Å². The van der Waals surface area contributed by atoms with E-state index in [9.17, 15) is 9.50 Å². The van der Waals surface area contributed by atoms with Crippen LogP contribution in [-0.2, 0) is 0 Å². The predicted molar refractivity (Wildman–Crippen MR) is 66.6 cm³/mol. The Morgan fingerprint density at radius 1 is 1.50 bits per heavy atom. The molecule has 3 rings (SSSR count). The Kier molecular flexibility index (Phi) is 2.43. The summed E-state index contributed by atoms with van der Waals surface area (Å²) in [5.41, 5.74) is 1.25. The lowest BCUT2D eigenvalue weighted by atomic mass is 9.80. The first-order valence-corrected chi connectivity index (χ1v) is 6.04. The molecule has 1 aromatic heterocycles. The van der Waals surface area contributed by atoms with E-state index in [1.165, 1.54) is 12.1 Å². The van der Waals surface area contributed by atoms with Gasteiger partial charge in [0.1, 0.15) is 5.82 Å². The molecule has 18 heavy (non-hydrogen) atoms. The van der Waals surface area contributed by atoms with Crippen LogP contribution in [0.2, 0.25) is 0 Å². The van der Waals surface area contributed by atoms with Crippen LogP contribution in [0.5, 0.6) is 0 Å². The largest absolute Gasteiger partial charge is 0.387 e. The molecular formula is C13H16FN3O. The number of benzene rings is 1. The Balaban J connectivity index is 1.96. The minimum absolute atomic E-state index is 0.0279. The van der Waals surface area contributed by atoms with Crippen molar-refractivity contribution in [3.63, 3.8) is 0 Å². The monoisotopic (exact) mass is 249 g/mol. The van der Waals surface area contributed by atoms with Crippen molar-refractivity contribution in [2.24, 2.45) is 0 Å². The van der Waals surface area contributed by atoms with Gasteiger partial charge in [-0.05, 0) is 38.0 Å². The van der Waals surface area contributed by atoms with Gasteiger partial charge < -0.3 is 10.4 Å². The molecule has 1 saturated heterocycles. The van der Waals surface area contributed by atoms with Gasteiger partial charge in [-0.15, -0.1) is 0 Å². The van der Waals surface area contributed by atoms with Crippen LogP contribution < -0.4 is 5.32 Å². The smallest absolute Gasteiger partial charge is 0.125 e. The molecule has 0 unspecified atom stereocenters. The van der Waals surface area contributed by atoms with Crippen molar-refractivity contribution in [1.29, 1.82) is 0 Å². The van der Waals surface area contributed by atoms with Gasteiger partial charge in [-0.3, -0.25) is 5.10 Å². The molecule has 1 fully saturated rings. The fourth-order valence-corrected chi connectivity index (χ4v) is 2.72. The number of hydrogen-bond donors (Lipinski definition) is 3. The van der Waals surface area contributed by atoms with E-state index in [1.54, 1.807) is 6.20 Å². The van der Waals surface area contributed by atoms with Crippen LogP contribution in [0.3, 0.4) is 0 Å². The van der Waals surface area contributed by atoms with Gasteiger partial charge in [0.2, 0.25) is 0 Å². The molecule has 2 atom stereocenters. The van der Waals surface area contributed by atoms with Crippen LogP contribution in [0.15, 0.2) is 18.3 Å². The predicted octanol–water partition coefficient (Wildman–Crippen LogP) is 1.88. The summed E-state index contributed by atoms with van der Waals surface area (Å²) in [6.45, 7) is 4.16. The quantitative estimate of drug-likeness (QED) is 0.761. The summed E-state index contributed by atoms with van der Waals surface area (Å²) in [4.78, 5) is 0. The Hall–Kier alpha value is -1.46. The number of halogens is 1. The fourth-order valence-electron chi connectivity index (χ4n) is 2.72. The van der Waals surface area contributed by atoms with Crippen molar-refractivity contribution in [3.8, 4) is 0 Å². The molecular weight excluding hydrogens is 233 g/mol. The number of H-pyrrole nitrogens is 1. The van der Waals surface area contributed by atoms with Crippen molar-refractivity contribution >= 4 is 10.9 Å². The number of fused-ring (bicyclic) bond motifs is 1. The maximum absolute atomic E-state index is 13.5. The average molecular weight is 249 g/mol. The lowest BCUT2D eigenvalue weighted by molar-refractivity contribution is 0.0397. The normalized spacial score (nSPS) is 23.9. The molecule has 2 heterocycles. The molecule has 0 bridgehead atoms. The van der Waals surface area contributed by atoms with Gasteiger partial charge in [-0.1, -0.05) is 0 Å². The van der Waals surface area contributed by atoms with Crippen LogP contribution in [0, 0.1) is 5.82 Å². The highest BCUT2D eigenvalue weighted by Gasteiger charge is 2.40. The Labute approximate surface area is 104 Å². The lowest BCUT2D eigenvalue weighted by Gasteiger charge is -2.46. The van der Waals surface area contributed by atoms with Crippen LogP contribution >= 0.6 is 0 Å². The van der Waals surface area contributed by atoms with E-state index in [2.05, 4.69) is 29.4 Å². The molecule has 1 aliphatic heterocycles. The highest BCUT2D eigenvalue weighted by molar-refractivity contribution is 5.82. The van der Waals surface area contributed by atoms with Gasteiger partial charge in [0, 0.05) is 17.0 Å². The number of rotatable bonds is 2. The molecule has 96 valence electrons. The molecule has 1 aliphatic rings. The second-order valence-electron chi connectivity index (χ2n) is 5.61. The summed E-state index contributed by atoms with van der Waals surface area (Å²) in [5.74, 6) is -0.362. The number of aliphatic hydroxyl groups is 1. The first kappa shape index (κ1) is 11.6. The van der Waals surface area contributed by atoms with Crippen LogP contribution in [0.25, 0.3) is 10.9 Å². The van der Waals surface area contributed by atoms with E-state index in [-0.39, 0.29) is 17.4 Å². The van der Waals surface area contributed by atoms with Gasteiger partial charge in [0.15, 0.2) is 0 Å². The molecule has 0 radical (unpaired) electrons. The Morgan fingerprint density at radius 2 is 2.22 bits per heavy atom. The minimum Gasteiger partial charge on any atom is -0.387 e. The van der Waals surface area contributed by atoms with E-state index >= 15 is 0 Å². The van der Waals surface area contributed by atoms with Crippen molar-refractivity contribution in [1.82, 2.24) is 15.5 Å². The first-order valence-electron chi connectivity index (χ1n) is 6.04. The molecule has 0 saturated carbocycles. The second kappa shape index (κ2) is 3.76. The third-order valence-corrected chi connectivity index (χ3v) is 3.56. The van der Waals surface area contributed by atoms with Gasteiger partial charge in [-0.2, -0.15) is 5.10 Å². The third kappa shape index (κ3) is 1.79. The van der Waals surface area contributed by atoms with E-state index in [4.69, 9.17) is 0 Å².